The fourth-order valence-corrected chi connectivity index (χ4v) is 4.41. The van der Waals surface area contributed by atoms with Crippen LogP contribution in [0.2, 0.25) is 0 Å². The average Bonchev–Trinajstić information content (AvgIpc) is 3.78. The summed E-state index contributed by atoms with van der Waals surface area (Å²) in [6.07, 6.45) is -4.63. The molecule has 0 atom stereocenters. The van der Waals surface area contributed by atoms with Gasteiger partial charge in [0.05, 0.1) is 17.1 Å². The van der Waals surface area contributed by atoms with E-state index in [1.165, 1.54) is 24.5 Å². The number of nitrogens with zero attached hydrogens (tertiary/aromatic N) is 5. The summed E-state index contributed by atoms with van der Waals surface area (Å²) < 4.78 is 74.4. The zero-order chi connectivity index (χ0) is 26.8. The number of nitrogens with one attached hydrogen (secondary N) is 2. The van der Waals surface area contributed by atoms with Crippen LogP contribution in [0.15, 0.2) is 35.1 Å². The van der Waals surface area contributed by atoms with Crippen molar-refractivity contribution in [3.63, 3.8) is 0 Å². The summed E-state index contributed by atoms with van der Waals surface area (Å²) in [6, 6.07) is 4.05. The van der Waals surface area contributed by atoms with Crippen molar-refractivity contribution < 1.29 is 31.3 Å². The molecule has 6 rings (SSSR count). The highest BCUT2D eigenvalue weighted by Gasteiger charge is 2.66. The third kappa shape index (κ3) is 3.97. The predicted octanol–water partition coefficient (Wildman–Crippen LogP) is 5.57. The summed E-state index contributed by atoms with van der Waals surface area (Å²) in [6.45, 7) is 0. The van der Waals surface area contributed by atoms with Crippen molar-refractivity contribution in [3.8, 4) is 11.3 Å². The molecule has 3 heterocycles. The van der Waals surface area contributed by atoms with Crippen molar-refractivity contribution in [2.75, 3.05) is 16.4 Å². The maximum Gasteiger partial charge on any atom is 0.400 e. The van der Waals surface area contributed by atoms with Gasteiger partial charge in [-0.15, -0.1) is 0 Å². The highest BCUT2D eigenvalue weighted by atomic mass is 19.4. The summed E-state index contributed by atoms with van der Waals surface area (Å²) in [4.78, 5) is 20.7. The quantitative estimate of drug-likeness (QED) is 0.275. The summed E-state index contributed by atoms with van der Waals surface area (Å²) in [5.41, 5.74) is 4.05. The zero-order valence-electron chi connectivity index (χ0n) is 19.4. The molecule has 2 saturated carbocycles. The summed E-state index contributed by atoms with van der Waals surface area (Å²) in [5.74, 6) is -0.196. The van der Waals surface area contributed by atoms with Crippen molar-refractivity contribution in [2.45, 2.75) is 49.7 Å². The number of hydrogen-bond donors (Lipinski definition) is 3. The highest BCUT2D eigenvalue weighted by Crippen LogP contribution is 2.58. The Bertz CT molecular complexity index is 1560. The molecule has 2 aliphatic carbocycles. The van der Waals surface area contributed by atoms with Crippen molar-refractivity contribution in [2.24, 2.45) is 0 Å². The SMILES string of the molecule is Nc1ncnc2c1c(-c1ccc(NC(=O)Nc3cc(C4(C(F)(F)F)CC4)no3)c(C(F)F)c1)nn2C1CC1. The van der Waals surface area contributed by atoms with Gasteiger partial charge in [0.2, 0.25) is 5.88 Å². The minimum atomic E-state index is -4.51. The first kappa shape index (κ1) is 24.1. The molecule has 2 aliphatic rings. The molecule has 3 aromatic heterocycles. The third-order valence-corrected chi connectivity index (χ3v) is 6.75. The number of amides is 2. The van der Waals surface area contributed by atoms with Crippen LogP contribution in [-0.2, 0) is 5.41 Å². The Balaban J connectivity index is 1.26. The molecule has 2 amide bonds. The topological polar surface area (TPSA) is 137 Å². The van der Waals surface area contributed by atoms with Crippen molar-refractivity contribution >= 4 is 34.5 Å². The molecule has 1 aromatic carbocycles. The van der Waals surface area contributed by atoms with Crippen molar-refractivity contribution in [3.05, 3.63) is 41.9 Å². The van der Waals surface area contributed by atoms with Crippen LogP contribution in [0.5, 0.6) is 0 Å². The molecule has 15 heteroatoms. The van der Waals surface area contributed by atoms with Gasteiger partial charge in [-0.3, -0.25) is 5.32 Å². The number of rotatable bonds is 6. The van der Waals surface area contributed by atoms with Crippen LogP contribution in [-0.4, -0.2) is 37.1 Å². The lowest BCUT2D eigenvalue weighted by molar-refractivity contribution is -0.161. The van der Waals surface area contributed by atoms with Crippen LogP contribution in [0.4, 0.5) is 44.1 Å². The summed E-state index contributed by atoms with van der Waals surface area (Å²) in [7, 11) is 0. The zero-order valence-corrected chi connectivity index (χ0v) is 19.4. The number of fused-ring (bicyclic) bond motifs is 1. The van der Waals surface area contributed by atoms with Crippen molar-refractivity contribution in [1.82, 2.24) is 24.9 Å². The Morgan fingerprint density at radius 3 is 2.58 bits per heavy atom. The van der Waals surface area contributed by atoms with Gasteiger partial charge in [-0.05, 0) is 37.8 Å². The number of anilines is 3. The summed E-state index contributed by atoms with van der Waals surface area (Å²) >= 11 is 0. The minimum Gasteiger partial charge on any atom is -0.383 e. The summed E-state index contributed by atoms with van der Waals surface area (Å²) in [5, 5.41) is 12.9. The first-order valence-electron chi connectivity index (χ1n) is 11.6. The molecule has 0 bridgehead atoms. The molecule has 0 spiro atoms. The minimum absolute atomic E-state index is 0.134. The molecular weight excluding hydrogens is 515 g/mol. The van der Waals surface area contributed by atoms with Gasteiger partial charge in [0.25, 0.3) is 6.43 Å². The van der Waals surface area contributed by atoms with Gasteiger partial charge < -0.3 is 15.6 Å². The van der Waals surface area contributed by atoms with Crippen LogP contribution in [0, 0.1) is 0 Å². The number of carbonyl (C=O) groups excluding carboxylic acids is 1. The molecular formula is C23H19F5N8O2. The second-order valence-electron chi connectivity index (χ2n) is 9.32. The number of carbonyl (C=O) groups is 1. The number of urea groups is 1. The molecule has 4 N–H and O–H groups in total. The number of hydrogen-bond acceptors (Lipinski definition) is 7. The van der Waals surface area contributed by atoms with Crippen LogP contribution in [0.1, 0.15) is 49.4 Å². The maximum absolute atomic E-state index is 14.0. The molecule has 4 aromatic rings. The molecule has 0 unspecified atom stereocenters. The lowest BCUT2D eigenvalue weighted by atomic mass is 10.0. The van der Waals surface area contributed by atoms with E-state index in [1.807, 2.05) is 0 Å². The second kappa shape index (κ2) is 8.36. The van der Waals surface area contributed by atoms with E-state index < -0.39 is 29.6 Å². The highest BCUT2D eigenvalue weighted by molar-refractivity contribution is 6.01. The molecule has 0 saturated heterocycles. The Morgan fingerprint density at radius 2 is 1.92 bits per heavy atom. The number of halogens is 5. The van der Waals surface area contributed by atoms with Gasteiger partial charge in [0.15, 0.2) is 5.65 Å². The van der Waals surface area contributed by atoms with Gasteiger partial charge in [-0.25, -0.2) is 28.2 Å². The largest absolute Gasteiger partial charge is 0.400 e. The molecule has 0 radical (unpaired) electrons. The van der Waals surface area contributed by atoms with E-state index in [2.05, 4.69) is 30.9 Å². The fourth-order valence-electron chi connectivity index (χ4n) is 4.41. The van der Waals surface area contributed by atoms with E-state index in [0.29, 0.717) is 22.3 Å². The van der Waals surface area contributed by atoms with Crippen molar-refractivity contribution in [1.29, 1.82) is 0 Å². The molecule has 198 valence electrons. The molecule has 10 nitrogen and oxygen atoms in total. The van der Waals surface area contributed by atoms with Crippen LogP contribution < -0.4 is 16.4 Å². The number of alkyl halides is 5. The van der Waals surface area contributed by atoms with Gasteiger partial charge in [0.1, 0.15) is 28.9 Å². The average molecular weight is 534 g/mol. The lowest BCUT2D eigenvalue weighted by Crippen LogP contribution is -2.28. The van der Waals surface area contributed by atoms with Crippen LogP contribution in [0.25, 0.3) is 22.3 Å². The van der Waals surface area contributed by atoms with Gasteiger partial charge in [-0.2, -0.15) is 18.3 Å². The Morgan fingerprint density at radius 1 is 1.16 bits per heavy atom. The van der Waals surface area contributed by atoms with E-state index in [4.69, 9.17) is 10.3 Å². The van der Waals surface area contributed by atoms with E-state index in [1.54, 1.807) is 4.68 Å². The monoisotopic (exact) mass is 534 g/mol. The van der Waals surface area contributed by atoms with E-state index in [0.717, 1.165) is 18.9 Å². The van der Waals surface area contributed by atoms with Gasteiger partial charge in [0, 0.05) is 17.2 Å². The second-order valence-corrected chi connectivity index (χ2v) is 9.32. The number of benzene rings is 1. The number of aromatic nitrogens is 5. The lowest BCUT2D eigenvalue weighted by Gasteiger charge is -2.15. The number of nitrogens with two attached hydrogens (primary N) is 1. The van der Waals surface area contributed by atoms with Gasteiger partial charge >= 0.3 is 12.2 Å². The molecule has 38 heavy (non-hydrogen) atoms. The fraction of sp³-hybridized carbons (Fsp3) is 0.348. The molecule has 0 aliphatic heterocycles. The molecule has 2 fully saturated rings. The smallest absolute Gasteiger partial charge is 0.383 e. The van der Waals surface area contributed by atoms with E-state index in [9.17, 15) is 26.7 Å². The Labute approximate surface area is 210 Å². The van der Waals surface area contributed by atoms with Crippen LogP contribution in [0.3, 0.4) is 0 Å². The Kier molecular flexibility index (Phi) is 5.29. The maximum atomic E-state index is 14.0. The van der Waals surface area contributed by atoms with E-state index >= 15 is 0 Å². The number of nitrogen functional groups attached to an aromatic ring is 1. The third-order valence-electron chi connectivity index (χ3n) is 6.75. The first-order chi connectivity index (χ1) is 18.1. The van der Waals surface area contributed by atoms with Crippen LogP contribution >= 0.6 is 0 Å². The standard InChI is InChI=1S/C23H19F5N8O2/c24-18(25)12-7-10(17-16-19(29)30-9-31-20(16)36(34-17)11-2-3-11)1-4-13(12)32-21(37)33-15-8-14(35-38-15)22(5-6-22)23(26,27)28/h1,4,7-9,11,18H,2-3,5-6H2,(H2,29,30,31)(H2,32,33,37). The normalized spacial score (nSPS) is 16.7. The van der Waals surface area contributed by atoms with E-state index in [-0.39, 0.29) is 42.0 Å². The first-order valence-corrected chi connectivity index (χ1v) is 11.6. The predicted molar refractivity (Wildman–Crippen MR) is 125 cm³/mol. The Hall–Kier alpha value is -4.30. The van der Waals surface area contributed by atoms with Gasteiger partial charge in [-0.1, -0.05) is 11.2 Å².